The number of carbonyl (C=O) groups is 3. The molecule has 0 saturated heterocycles. The van der Waals surface area contributed by atoms with Crippen LogP contribution in [0.5, 0.6) is 0 Å². The van der Waals surface area contributed by atoms with Gasteiger partial charge in [-0.2, -0.15) is 0 Å². The Bertz CT molecular complexity index is 638. The molecule has 0 radical (unpaired) electrons. The van der Waals surface area contributed by atoms with Crippen molar-refractivity contribution in [1.82, 2.24) is 10.6 Å². The number of carbonyl (C=O) groups excluding carboxylic acids is 2. The molecular weight excluding hydrogens is 348 g/mol. The van der Waals surface area contributed by atoms with Gasteiger partial charge in [0.05, 0.1) is 0 Å². The fourth-order valence-corrected chi connectivity index (χ4v) is 2.47. The third-order valence-corrected chi connectivity index (χ3v) is 3.61. The molecule has 1 aromatic rings. The maximum absolute atomic E-state index is 12.7. The normalized spacial score (nSPS) is 13.6. The number of nitrogens with one attached hydrogen (secondary N) is 2. The number of benzene rings is 1. The molecule has 0 saturated carbocycles. The third kappa shape index (κ3) is 9.08. The summed E-state index contributed by atoms with van der Waals surface area (Å²) in [6.45, 7) is 8.93. The van der Waals surface area contributed by atoms with E-state index in [2.05, 4.69) is 10.6 Å². The second-order valence-electron chi connectivity index (χ2n) is 7.92. The molecule has 3 N–H and O–H groups in total. The molecule has 1 aromatic carbocycles. The summed E-state index contributed by atoms with van der Waals surface area (Å²) in [6.07, 6.45) is -0.208. The number of hydrogen-bond donors (Lipinski definition) is 3. The summed E-state index contributed by atoms with van der Waals surface area (Å²) in [5, 5.41) is 14.4. The minimum Gasteiger partial charge on any atom is -0.480 e. The molecule has 1 rings (SSSR count). The highest BCUT2D eigenvalue weighted by Gasteiger charge is 2.28. The first-order valence-corrected chi connectivity index (χ1v) is 9.04. The molecule has 0 aliphatic carbocycles. The van der Waals surface area contributed by atoms with E-state index in [1.807, 2.05) is 44.2 Å². The van der Waals surface area contributed by atoms with E-state index < -0.39 is 35.7 Å². The maximum Gasteiger partial charge on any atom is 0.408 e. The number of aliphatic carboxylic acids is 1. The summed E-state index contributed by atoms with van der Waals surface area (Å²) in [5.74, 6) is -1.57. The standard InChI is InChI=1S/C20H30N2O5/c1-13(2)11-16(18(24)25)21-17(23)15(12-14-9-7-6-8-10-14)22-19(26)27-20(3,4)5/h6-10,13,15-16H,11-12H2,1-5H3,(H,21,23)(H,22,26)(H,24,25). The predicted octanol–water partition coefficient (Wildman–Crippen LogP) is 2.74. The van der Waals surface area contributed by atoms with Gasteiger partial charge in [-0.05, 0) is 38.7 Å². The van der Waals surface area contributed by atoms with E-state index in [4.69, 9.17) is 4.74 Å². The molecule has 0 heterocycles. The van der Waals surface area contributed by atoms with E-state index in [1.54, 1.807) is 20.8 Å². The second kappa shape index (κ2) is 9.94. The van der Waals surface area contributed by atoms with Crippen LogP contribution in [0.15, 0.2) is 30.3 Å². The van der Waals surface area contributed by atoms with Crippen molar-refractivity contribution in [2.24, 2.45) is 5.92 Å². The Morgan fingerprint density at radius 1 is 1.04 bits per heavy atom. The summed E-state index contributed by atoms with van der Waals surface area (Å²) in [6, 6.07) is 7.21. The topological polar surface area (TPSA) is 105 Å². The smallest absolute Gasteiger partial charge is 0.408 e. The quantitative estimate of drug-likeness (QED) is 0.645. The Balaban J connectivity index is 2.92. The van der Waals surface area contributed by atoms with E-state index in [1.165, 1.54) is 0 Å². The minimum absolute atomic E-state index is 0.0952. The number of amides is 2. The maximum atomic E-state index is 12.7. The largest absolute Gasteiger partial charge is 0.480 e. The van der Waals surface area contributed by atoms with E-state index in [-0.39, 0.29) is 12.3 Å². The van der Waals surface area contributed by atoms with Crippen LogP contribution in [0.2, 0.25) is 0 Å². The first-order valence-electron chi connectivity index (χ1n) is 9.04. The highest BCUT2D eigenvalue weighted by molar-refractivity contribution is 5.89. The zero-order chi connectivity index (χ0) is 20.6. The Labute approximate surface area is 160 Å². The molecule has 0 aromatic heterocycles. The van der Waals surface area contributed by atoms with Gasteiger partial charge in [0, 0.05) is 6.42 Å². The molecule has 7 heteroatoms. The van der Waals surface area contributed by atoms with Crippen LogP contribution >= 0.6 is 0 Å². The molecule has 2 amide bonds. The highest BCUT2D eigenvalue weighted by atomic mass is 16.6. The van der Waals surface area contributed by atoms with Crippen LogP contribution < -0.4 is 10.6 Å². The molecule has 2 atom stereocenters. The SMILES string of the molecule is CC(C)CC(NC(=O)C(Cc1ccccc1)NC(=O)OC(C)(C)C)C(=O)O. The van der Waals surface area contributed by atoms with Gasteiger partial charge in [0.25, 0.3) is 0 Å². The van der Waals surface area contributed by atoms with Crippen molar-refractivity contribution in [2.75, 3.05) is 0 Å². The molecule has 0 aliphatic rings. The van der Waals surface area contributed by atoms with E-state index >= 15 is 0 Å². The lowest BCUT2D eigenvalue weighted by molar-refractivity contribution is -0.142. The van der Waals surface area contributed by atoms with Gasteiger partial charge in [-0.3, -0.25) is 4.79 Å². The van der Waals surface area contributed by atoms with Crippen molar-refractivity contribution >= 4 is 18.0 Å². The van der Waals surface area contributed by atoms with Crippen molar-refractivity contribution in [2.45, 2.75) is 65.1 Å². The number of carboxylic acids is 1. The fraction of sp³-hybridized carbons (Fsp3) is 0.550. The molecule has 0 spiro atoms. The van der Waals surface area contributed by atoms with E-state index in [0.717, 1.165) is 5.56 Å². The van der Waals surface area contributed by atoms with Gasteiger partial charge < -0.3 is 20.5 Å². The zero-order valence-electron chi connectivity index (χ0n) is 16.6. The first kappa shape index (κ1) is 22.5. The van der Waals surface area contributed by atoms with E-state index in [0.29, 0.717) is 6.42 Å². The molecule has 27 heavy (non-hydrogen) atoms. The van der Waals surface area contributed by atoms with Gasteiger partial charge >= 0.3 is 12.1 Å². The van der Waals surface area contributed by atoms with Crippen LogP contribution in [0.1, 0.15) is 46.6 Å². The number of alkyl carbamates (subject to hydrolysis) is 1. The fourth-order valence-electron chi connectivity index (χ4n) is 2.47. The predicted molar refractivity (Wildman–Crippen MR) is 102 cm³/mol. The van der Waals surface area contributed by atoms with Gasteiger partial charge in [0.2, 0.25) is 5.91 Å². The number of ether oxygens (including phenoxy) is 1. The molecule has 7 nitrogen and oxygen atoms in total. The van der Waals surface area contributed by atoms with Crippen molar-refractivity contribution < 1.29 is 24.2 Å². The first-order chi connectivity index (χ1) is 12.5. The summed E-state index contributed by atoms with van der Waals surface area (Å²) in [4.78, 5) is 36.3. The van der Waals surface area contributed by atoms with Gasteiger partial charge in [-0.15, -0.1) is 0 Å². The Kier molecular flexibility index (Phi) is 8.28. The Morgan fingerprint density at radius 3 is 2.11 bits per heavy atom. The van der Waals surface area contributed by atoms with Crippen LogP contribution in [-0.4, -0.2) is 40.8 Å². The number of rotatable bonds is 8. The Morgan fingerprint density at radius 2 is 1.63 bits per heavy atom. The third-order valence-electron chi connectivity index (χ3n) is 3.61. The summed E-state index contributed by atoms with van der Waals surface area (Å²) >= 11 is 0. The molecule has 0 aliphatic heterocycles. The van der Waals surface area contributed by atoms with Gasteiger partial charge in [0.1, 0.15) is 17.7 Å². The molecule has 150 valence electrons. The molecule has 2 unspecified atom stereocenters. The summed E-state index contributed by atoms with van der Waals surface area (Å²) in [7, 11) is 0. The molecule has 0 bridgehead atoms. The van der Waals surface area contributed by atoms with Crippen LogP contribution in [0.25, 0.3) is 0 Å². The lowest BCUT2D eigenvalue weighted by atomic mass is 10.0. The average Bonchev–Trinajstić information content (AvgIpc) is 2.52. The Hall–Kier alpha value is -2.57. The monoisotopic (exact) mass is 378 g/mol. The van der Waals surface area contributed by atoms with Crippen LogP contribution in [0.3, 0.4) is 0 Å². The van der Waals surface area contributed by atoms with Crippen LogP contribution in [0, 0.1) is 5.92 Å². The molecule has 0 fully saturated rings. The minimum atomic E-state index is -1.10. The highest BCUT2D eigenvalue weighted by Crippen LogP contribution is 2.10. The number of carboxylic acid groups (broad SMARTS) is 1. The summed E-state index contributed by atoms with van der Waals surface area (Å²) in [5.41, 5.74) is 0.128. The van der Waals surface area contributed by atoms with Gasteiger partial charge in [-0.25, -0.2) is 9.59 Å². The zero-order valence-corrected chi connectivity index (χ0v) is 16.6. The molecular formula is C20H30N2O5. The average molecular weight is 378 g/mol. The van der Waals surface area contributed by atoms with Crippen molar-refractivity contribution in [3.63, 3.8) is 0 Å². The van der Waals surface area contributed by atoms with Crippen molar-refractivity contribution in [1.29, 1.82) is 0 Å². The van der Waals surface area contributed by atoms with Crippen LogP contribution in [0.4, 0.5) is 4.79 Å². The summed E-state index contributed by atoms with van der Waals surface area (Å²) < 4.78 is 5.23. The number of hydrogen-bond acceptors (Lipinski definition) is 4. The van der Waals surface area contributed by atoms with Crippen molar-refractivity contribution in [3.8, 4) is 0 Å². The lowest BCUT2D eigenvalue weighted by Crippen LogP contribution is -2.53. The second-order valence-corrected chi connectivity index (χ2v) is 7.92. The van der Waals surface area contributed by atoms with Gasteiger partial charge in [0.15, 0.2) is 0 Å². The lowest BCUT2D eigenvalue weighted by Gasteiger charge is -2.25. The van der Waals surface area contributed by atoms with Crippen molar-refractivity contribution in [3.05, 3.63) is 35.9 Å². The van der Waals surface area contributed by atoms with Gasteiger partial charge in [-0.1, -0.05) is 44.2 Å². The van der Waals surface area contributed by atoms with E-state index in [9.17, 15) is 19.5 Å². The van der Waals surface area contributed by atoms with Crippen LogP contribution in [-0.2, 0) is 20.7 Å².